The lowest BCUT2D eigenvalue weighted by Crippen LogP contribution is -2.50. The van der Waals surface area contributed by atoms with Crippen molar-refractivity contribution in [3.05, 3.63) is 0 Å². The molecule has 1 N–H and O–H groups in total. The Labute approximate surface area is 117 Å². The van der Waals surface area contributed by atoms with Crippen LogP contribution in [-0.2, 0) is 4.79 Å². The van der Waals surface area contributed by atoms with E-state index in [-0.39, 0.29) is 12.0 Å². The van der Waals surface area contributed by atoms with Gasteiger partial charge in [-0.15, -0.1) is 0 Å². The summed E-state index contributed by atoms with van der Waals surface area (Å²) in [5, 5.41) is 9.53. The Morgan fingerprint density at radius 1 is 1.16 bits per heavy atom. The molecule has 2 aliphatic carbocycles. The zero-order chi connectivity index (χ0) is 13.8. The first-order valence-electron chi connectivity index (χ1n) is 8.15. The maximum atomic E-state index is 11.6. The van der Waals surface area contributed by atoms with E-state index in [2.05, 4.69) is 18.7 Å². The van der Waals surface area contributed by atoms with Gasteiger partial charge in [-0.25, -0.2) is 0 Å². The molecule has 0 aromatic heterocycles. The molecule has 19 heavy (non-hydrogen) atoms. The van der Waals surface area contributed by atoms with Crippen LogP contribution in [0.15, 0.2) is 0 Å². The Hall–Kier alpha value is -0.570. The molecule has 3 nitrogen and oxygen atoms in total. The molecule has 2 rings (SSSR count). The number of carboxylic acid groups (broad SMARTS) is 1. The molecule has 0 heterocycles. The summed E-state index contributed by atoms with van der Waals surface area (Å²) < 4.78 is 0. The SMILES string of the molecule is CCC1CCC(C(=O)O)C(N(CC)C2CCCC2)C1. The highest BCUT2D eigenvalue weighted by atomic mass is 16.4. The zero-order valence-corrected chi connectivity index (χ0v) is 12.5. The van der Waals surface area contributed by atoms with Crippen LogP contribution in [0.2, 0.25) is 0 Å². The van der Waals surface area contributed by atoms with Gasteiger partial charge in [-0.1, -0.05) is 33.1 Å². The monoisotopic (exact) mass is 267 g/mol. The molecular weight excluding hydrogens is 238 g/mol. The van der Waals surface area contributed by atoms with Crippen molar-refractivity contribution in [2.24, 2.45) is 11.8 Å². The average Bonchev–Trinajstić information content (AvgIpc) is 2.93. The van der Waals surface area contributed by atoms with Crippen LogP contribution in [0, 0.1) is 11.8 Å². The van der Waals surface area contributed by atoms with E-state index in [0.717, 1.165) is 31.7 Å². The van der Waals surface area contributed by atoms with Gasteiger partial charge in [0.25, 0.3) is 0 Å². The molecule has 0 spiro atoms. The van der Waals surface area contributed by atoms with Crippen LogP contribution in [0.4, 0.5) is 0 Å². The summed E-state index contributed by atoms with van der Waals surface area (Å²) in [5.74, 6) is 0.0235. The molecule has 0 aromatic carbocycles. The number of carbonyl (C=O) groups is 1. The van der Waals surface area contributed by atoms with Gasteiger partial charge < -0.3 is 5.11 Å². The second kappa shape index (κ2) is 6.74. The van der Waals surface area contributed by atoms with Gasteiger partial charge in [-0.3, -0.25) is 9.69 Å². The molecule has 0 aromatic rings. The Morgan fingerprint density at radius 2 is 1.84 bits per heavy atom. The molecule has 0 aliphatic heterocycles. The molecule has 3 atom stereocenters. The Bertz CT molecular complexity index is 299. The highest BCUT2D eigenvalue weighted by Gasteiger charge is 2.40. The number of rotatable bonds is 5. The fraction of sp³-hybridized carbons (Fsp3) is 0.938. The third kappa shape index (κ3) is 3.31. The third-order valence-corrected chi connectivity index (χ3v) is 5.40. The molecule has 2 aliphatic rings. The standard InChI is InChI=1S/C16H29NO2/c1-3-12-9-10-14(16(18)19)15(11-12)17(4-2)13-7-5-6-8-13/h12-15H,3-11H2,1-2H3,(H,18,19). The van der Waals surface area contributed by atoms with E-state index >= 15 is 0 Å². The Balaban J connectivity index is 2.11. The maximum absolute atomic E-state index is 11.6. The van der Waals surface area contributed by atoms with E-state index in [9.17, 15) is 9.90 Å². The van der Waals surface area contributed by atoms with Crippen molar-refractivity contribution >= 4 is 5.97 Å². The van der Waals surface area contributed by atoms with Crippen molar-refractivity contribution in [1.29, 1.82) is 0 Å². The lowest BCUT2D eigenvalue weighted by Gasteiger charge is -2.43. The fourth-order valence-corrected chi connectivity index (χ4v) is 4.26. The molecular formula is C16H29NO2. The molecule has 0 saturated heterocycles. The van der Waals surface area contributed by atoms with Crippen LogP contribution < -0.4 is 0 Å². The molecule has 3 unspecified atom stereocenters. The first-order chi connectivity index (χ1) is 9.17. The molecule has 0 amide bonds. The van der Waals surface area contributed by atoms with Gasteiger partial charge in [0, 0.05) is 12.1 Å². The first kappa shape index (κ1) is 14.8. The van der Waals surface area contributed by atoms with Crippen LogP contribution in [0.25, 0.3) is 0 Å². The predicted octanol–water partition coefficient (Wildman–Crippen LogP) is 3.53. The Kier molecular flexibility index (Phi) is 5.26. The highest BCUT2D eigenvalue weighted by molar-refractivity contribution is 5.71. The minimum absolute atomic E-state index is 0.136. The number of hydrogen-bond acceptors (Lipinski definition) is 2. The summed E-state index contributed by atoms with van der Waals surface area (Å²) in [6.45, 7) is 5.46. The number of carboxylic acids is 1. The van der Waals surface area contributed by atoms with E-state index in [1.54, 1.807) is 0 Å². The minimum Gasteiger partial charge on any atom is -0.481 e. The third-order valence-electron chi connectivity index (χ3n) is 5.40. The Morgan fingerprint density at radius 3 is 2.37 bits per heavy atom. The van der Waals surface area contributed by atoms with Gasteiger partial charge in [-0.2, -0.15) is 0 Å². The molecule has 3 heteroatoms. The van der Waals surface area contributed by atoms with Crippen molar-refractivity contribution in [3.8, 4) is 0 Å². The normalized spacial score (nSPS) is 32.9. The highest BCUT2D eigenvalue weighted by Crippen LogP contribution is 2.37. The molecule has 0 radical (unpaired) electrons. The molecule has 2 fully saturated rings. The first-order valence-corrected chi connectivity index (χ1v) is 8.15. The predicted molar refractivity (Wildman–Crippen MR) is 77.2 cm³/mol. The summed E-state index contributed by atoms with van der Waals surface area (Å²) in [4.78, 5) is 14.1. The summed E-state index contributed by atoms with van der Waals surface area (Å²) in [7, 11) is 0. The largest absolute Gasteiger partial charge is 0.481 e. The average molecular weight is 267 g/mol. The fourth-order valence-electron chi connectivity index (χ4n) is 4.26. The maximum Gasteiger partial charge on any atom is 0.308 e. The van der Waals surface area contributed by atoms with E-state index in [1.807, 2.05) is 0 Å². The molecule has 2 saturated carbocycles. The van der Waals surface area contributed by atoms with Gasteiger partial charge in [0.1, 0.15) is 0 Å². The van der Waals surface area contributed by atoms with Crippen molar-refractivity contribution < 1.29 is 9.90 Å². The zero-order valence-electron chi connectivity index (χ0n) is 12.5. The van der Waals surface area contributed by atoms with Crippen molar-refractivity contribution in [3.63, 3.8) is 0 Å². The van der Waals surface area contributed by atoms with E-state index in [4.69, 9.17) is 0 Å². The van der Waals surface area contributed by atoms with E-state index < -0.39 is 5.97 Å². The van der Waals surface area contributed by atoms with Crippen LogP contribution in [-0.4, -0.2) is 34.6 Å². The van der Waals surface area contributed by atoms with Gasteiger partial charge in [0.15, 0.2) is 0 Å². The molecule has 110 valence electrons. The lowest BCUT2D eigenvalue weighted by atomic mass is 9.76. The summed E-state index contributed by atoms with van der Waals surface area (Å²) in [6, 6.07) is 0.928. The number of nitrogens with zero attached hydrogens (tertiary/aromatic N) is 1. The smallest absolute Gasteiger partial charge is 0.308 e. The second-order valence-corrected chi connectivity index (χ2v) is 6.37. The summed E-state index contributed by atoms with van der Waals surface area (Å²) in [6.07, 6.45) is 9.46. The van der Waals surface area contributed by atoms with Crippen LogP contribution in [0.5, 0.6) is 0 Å². The van der Waals surface area contributed by atoms with E-state index in [1.165, 1.54) is 32.1 Å². The topological polar surface area (TPSA) is 40.5 Å². The van der Waals surface area contributed by atoms with Crippen LogP contribution >= 0.6 is 0 Å². The van der Waals surface area contributed by atoms with Gasteiger partial charge in [-0.05, 0) is 44.6 Å². The lowest BCUT2D eigenvalue weighted by molar-refractivity contribution is -0.146. The van der Waals surface area contributed by atoms with E-state index in [0.29, 0.717) is 6.04 Å². The molecule has 0 bridgehead atoms. The number of aliphatic carboxylic acids is 1. The quantitative estimate of drug-likeness (QED) is 0.828. The van der Waals surface area contributed by atoms with Crippen molar-refractivity contribution in [2.45, 2.75) is 77.3 Å². The second-order valence-electron chi connectivity index (χ2n) is 6.37. The van der Waals surface area contributed by atoms with Crippen molar-refractivity contribution in [2.75, 3.05) is 6.54 Å². The number of hydrogen-bond donors (Lipinski definition) is 1. The van der Waals surface area contributed by atoms with Gasteiger partial charge in [0.05, 0.1) is 5.92 Å². The van der Waals surface area contributed by atoms with Crippen molar-refractivity contribution in [1.82, 2.24) is 4.90 Å². The van der Waals surface area contributed by atoms with Crippen LogP contribution in [0.1, 0.15) is 65.2 Å². The minimum atomic E-state index is -0.573. The summed E-state index contributed by atoms with van der Waals surface area (Å²) in [5.41, 5.74) is 0. The van der Waals surface area contributed by atoms with Crippen LogP contribution in [0.3, 0.4) is 0 Å². The van der Waals surface area contributed by atoms with Gasteiger partial charge >= 0.3 is 5.97 Å². The summed E-state index contributed by atoms with van der Waals surface area (Å²) >= 11 is 0. The van der Waals surface area contributed by atoms with Gasteiger partial charge in [0.2, 0.25) is 0 Å².